The topological polar surface area (TPSA) is 23.6 Å². The van der Waals surface area contributed by atoms with Crippen molar-refractivity contribution in [3.8, 4) is 0 Å². The molecule has 3 aromatic rings. The van der Waals surface area contributed by atoms with Crippen LogP contribution in [0.4, 0.5) is 4.39 Å². The number of piperazine rings is 1. The van der Waals surface area contributed by atoms with Crippen LogP contribution in [-0.4, -0.2) is 41.8 Å². The predicted molar refractivity (Wildman–Crippen MR) is 116 cm³/mol. The number of rotatable bonds is 4. The van der Waals surface area contributed by atoms with Crippen LogP contribution >= 0.6 is 0 Å². The number of halogens is 1. The van der Waals surface area contributed by atoms with Gasteiger partial charge >= 0.3 is 0 Å². The van der Waals surface area contributed by atoms with Crippen LogP contribution in [0.15, 0.2) is 78.9 Å². The number of ketones is 1. The van der Waals surface area contributed by atoms with Gasteiger partial charge in [0.1, 0.15) is 11.4 Å². The first-order chi connectivity index (χ1) is 14.7. The minimum absolute atomic E-state index is 0.0974. The van der Waals surface area contributed by atoms with Crippen molar-refractivity contribution in [1.82, 2.24) is 9.80 Å². The predicted octanol–water partition coefficient (Wildman–Crippen LogP) is 4.28. The molecule has 0 radical (unpaired) electrons. The fourth-order valence-corrected chi connectivity index (χ4v) is 5.02. The van der Waals surface area contributed by atoms with Crippen LogP contribution < -0.4 is 0 Å². The van der Waals surface area contributed by atoms with Gasteiger partial charge in [-0.15, -0.1) is 0 Å². The van der Waals surface area contributed by atoms with E-state index in [1.807, 2.05) is 36.4 Å². The van der Waals surface area contributed by atoms with Crippen molar-refractivity contribution in [2.45, 2.75) is 18.5 Å². The molecule has 1 unspecified atom stereocenters. The van der Waals surface area contributed by atoms with Crippen LogP contribution in [0, 0.1) is 5.82 Å². The Bertz CT molecular complexity index is 1050. The van der Waals surface area contributed by atoms with Gasteiger partial charge in [0.15, 0.2) is 5.78 Å². The number of carbonyl (C=O) groups excluding carboxylic acids is 1. The lowest BCUT2D eigenvalue weighted by atomic mass is 9.83. The average Bonchev–Trinajstić information content (AvgIpc) is 3.08. The van der Waals surface area contributed by atoms with Crippen molar-refractivity contribution >= 4 is 5.78 Å². The molecule has 5 rings (SSSR count). The van der Waals surface area contributed by atoms with Gasteiger partial charge in [-0.1, -0.05) is 60.7 Å². The third-order valence-electron chi connectivity index (χ3n) is 6.55. The van der Waals surface area contributed by atoms with E-state index in [-0.39, 0.29) is 11.6 Å². The minimum Gasteiger partial charge on any atom is -0.297 e. The summed E-state index contributed by atoms with van der Waals surface area (Å²) in [5.74, 6) is -0.182. The smallest absolute Gasteiger partial charge is 0.188 e. The summed E-state index contributed by atoms with van der Waals surface area (Å²) in [5, 5.41) is 0. The summed E-state index contributed by atoms with van der Waals surface area (Å²) in [5.41, 5.74) is 3.05. The summed E-state index contributed by atoms with van der Waals surface area (Å²) in [6, 6.07) is 25.1. The standard InChI is InChI=1S/C26H25FN2O/c27-23-11-12-24-21(17-23)18-26(25(24)30,22-9-5-2-6-10-22)29-15-13-28(14-16-29)19-20-7-3-1-4-8-20/h1-12,17H,13-16,18-19H2. The van der Waals surface area contributed by atoms with E-state index >= 15 is 0 Å². The Labute approximate surface area is 176 Å². The van der Waals surface area contributed by atoms with Gasteiger partial charge in [0.05, 0.1) is 0 Å². The number of carbonyl (C=O) groups is 1. The second kappa shape index (κ2) is 7.78. The van der Waals surface area contributed by atoms with Crippen molar-refractivity contribution < 1.29 is 9.18 Å². The van der Waals surface area contributed by atoms with Crippen LogP contribution in [-0.2, 0) is 18.5 Å². The number of nitrogens with zero attached hydrogens (tertiary/aromatic N) is 2. The first-order valence-corrected chi connectivity index (χ1v) is 10.6. The van der Waals surface area contributed by atoms with Crippen LogP contribution in [0.25, 0.3) is 0 Å². The Morgan fingerprint density at radius 3 is 2.20 bits per heavy atom. The molecule has 1 aliphatic heterocycles. The molecule has 0 amide bonds. The maximum atomic E-state index is 13.9. The summed E-state index contributed by atoms with van der Waals surface area (Å²) in [4.78, 5) is 18.5. The van der Waals surface area contributed by atoms with E-state index in [9.17, 15) is 9.18 Å². The van der Waals surface area contributed by atoms with E-state index in [1.165, 1.54) is 17.7 Å². The molecule has 1 atom stereocenters. The Balaban J connectivity index is 1.43. The summed E-state index contributed by atoms with van der Waals surface area (Å²) >= 11 is 0. The summed E-state index contributed by atoms with van der Waals surface area (Å²) < 4.78 is 13.9. The molecule has 0 saturated carbocycles. The summed E-state index contributed by atoms with van der Waals surface area (Å²) in [7, 11) is 0. The second-order valence-electron chi connectivity index (χ2n) is 8.28. The monoisotopic (exact) mass is 400 g/mol. The van der Waals surface area contributed by atoms with Crippen molar-refractivity contribution in [2.24, 2.45) is 0 Å². The molecule has 1 heterocycles. The zero-order valence-corrected chi connectivity index (χ0v) is 16.9. The number of hydrogen-bond donors (Lipinski definition) is 0. The third kappa shape index (κ3) is 3.26. The Morgan fingerprint density at radius 1 is 0.833 bits per heavy atom. The molecular formula is C26H25FN2O. The van der Waals surface area contributed by atoms with E-state index in [2.05, 4.69) is 34.1 Å². The van der Waals surface area contributed by atoms with Gasteiger partial charge in [-0.05, 0) is 34.9 Å². The number of benzene rings is 3. The van der Waals surface area contributed by atoms with Gasteiger partial charge in [-0.2, -0.15) is 0 Å². The van der Waals surface area contributed by atoms with Gasteiger partial charge in [-0.3, -0.25) is 14.6 Å². The first-order valence-electron chi connectivity index (χ1n) is 10.6. The molecule has 3 aromatic carbocycles. The van der Waals surface area contributed by atoms with Gasteiger partial charge < -0.3 is 0 Å². The number of Topliss-reactive ketones (excluding diaryl/α,β-unsaturated/α-hetero) is 1. The molecule has 0 aromatic heterocycles. The lowest BCUT2D eigenvalue weighted by molar-refractivity contribution is 0.0288. The highest BCUT2D eigenvalue weighted by Crippen LogP contribution is 2.43. The van der Waals surface area contributed by atoms with Crippen molar-refractivity contribution in [3.05, 3.63) is 107 Å². The molecule has 4 heteroatoms. The number of fused-ring (bicyclic) bond motifs is 1. The highest BCUT2D eigenvalue weighted by atomic mass is 19.1. The second-order valence-corrected chi connectivity index (χ2v) is 8.28. The maximum Gasteiger partial charge on any atom is 0.188 e. The molecule has 0 N–H and O–H groups in total. The first kappa shape index (κ1) is 19.2. The van der Waals surface area contributed by atoms with Crippen LogP contribution in [0.3, 0.4) is 0 Å². The molecule has 2 aliphatic rings. The van der Waals surface area contributed by atoms with Crippen LogP contribution in [0.5, 0.6) is 0 Å². The lowest BCUT2D eigenvalue weighted by Crippen LogP contribution is -2.58. The summed E-state index contributed by atoms with van der Waals surface area (Å²) in [6.45, 7) is 4.35. The van der Waals surface area contributed by atoms with Gasteiger partial charge in [0, 0.05) is 44.7 Å². The zero-order chi connectivity index (χ0) is 20.6. The zero-order valence-electron chi connectivity index (χ0n) is 16.9. The molecule has 0 spiro atoms. The van der Waals surface area contributed by atoms with E-state index in [0.29, 0.717) is 12.0 Å². The molecular weight excluding hydrogens is 375 g/mol. The van der Waals surface area contributed by atoms with Gasteiger partial charge in [0.25, 0.3) is 0 Å². The highest BCUT2D eigenvalue weighted by Gasteiger charge is 2.51. The van der Waals surface area contributed by atoms with E-state index in [1.54, 1.807) is 6.07 Å². The van der Waals surface area contributed by atoms with Gasteiger partial charge in [0.2, 0.25) is 0 Å². The third-order valence-corrected chi connectivity index (χ3v) is 6.55. The molecule has 3 nitrogen and oxygen atoms in total. The van der Waals surface area contributed by atoms with Crippen molar-refractivity contribution in [2.75, 3.05) is 26.2 Å². The van der Waals surface area contributed by atoms with Crippen molar-refractivity contribution in [1.29, 1.82) is 0 Å². The molecule has 152 valence electrons. The normalized spacial score (nSPS) is 22.2. The number of hydrogen-bond acceptors (Lipinski definition) is 3. The molecule has 1 aliphatic carbocycles. The van der Waals surface area contributed by atoms with Crippen molar-refractivity contribution in [3.63, 3.8) is 0 Å². The minimum atomic E-state index is -0.740. The molecule has 1 fully saturated rings. The largest absolute Gasteiger partial charge is 0.297 e. The highest BCUT2D eigenvalue weighted by molar-refractivity contribution is 6.08. The summed E-state index contributed by atoms with van der Waals surface area (Å²) in [6.07, 6.45) is 0.529. The lowest BCUT2D eigenvalue weighted by Gasteiger charge is -2.45. The SMILES string of the molecule is O=C1c2ccc(F)cc2CC1(c1ccccc1)N1CCN(Cc2ccccc2)CC1. The van der Waals surface area contributed by atoms with E-state index < -0.39 is 5.54 Å². The van der Waals surface area contributed by atoms with E-state index in [0.717, 1.165) is 43.9 Å². The Morgan fingerprint density at radius 2 is 1.50 bits per heavy atom. The molecule has 1 saturated heterocycles. The van der Waals surface area contributed by atoms with Crippen LogP contribution in [0.1, 0.15) is 27.0 Å². The quantitative estimate of drug-likeness (QED) is 0.653. The Hall–Kier alpha value is -2.82. The fourth-order valence-electron chi connectivity index (χ4n) is 5.02. The van der Waals surface area contributed by atoms with E-state index in [4.69, 9.17) is 0 Å². The van der Waals surface area contributed by atoms with Crippen LogP contribution in [0.2, 0.25) is 0 Å². The fraction of sp³-hybridized carbons (Fsp3) is 0.269. The Kier molecular flexibility index (Phi) is 4.97. The van der Waals surface area contributed by atoms with Gasteiger partial charge in [-0.25, -0.2) is 4.39 Å². The maximum absolute atomic E-state index is 13.9. The average molecular weight is 400 g/mol. The molecule has 0 bridgehead atoms. The molecule has 30 heavy (non-hydrogen) atoms.